The van der Waals surface area contributed by atoms with Crippen LogP contribution in [0.2, 0.25) is 0 Å². The average Bonchev–Trinajstić information content (AvgIpc) is 2.64. The zero-order chi connectivity index (χ0) is 14.3. The SMILES string of the molecule is CC1CC2(CN=C(N)N2c2cccc(Br)c2)CC(C)O1. The summed E-state index contributed by atoms with van der Waals surface area (Å²) in [5.41, 5.74) is 7.23. The molecule has 1 spiro atoms. The highest BCUT2D eigenvalue weighted by atomic mass is 79.9. The summed E-state index contributed by atoms with van der Waals surface area (Å²) < 4.78 is 6.94. The van der Waals surface area contributed by atoms with E-state index in [4.69, 9.17) is 10.5 Å². The molecule has 0 radical (unpaired) electrons. The zero-order valence-corrected chi connectivity index (χ0v) is 13.4. The van der Waals surface area contributed by atoms with Crippen LogP contribution in [0.5, 0.6) is 0 Å². The van der Waals surface area contributed by atoms with Crippen LogP contribution in [0.15, 0.2) is 33.7 Å². The predicted molar refractivity (Wildman–Crippen MR) is 85.1 cm³/mol. The standard InChI is InChI=1S/C15H20BrN3O/c1-10-7-15(8-11(2)20-10)9-18-14(17)19(15)13-5-3-4-12(16)6-13/h3-6,10-11H,7-9H2,1-2H3,(H2,17,18). The molecule has 2 unspecified atom stereocenters. The molecule has 20 heavy (non-hydrogen) atoms. The fourth-order valence-electron chi connectivity index (χ4n) is 3.59. The molecule has 1 saturated heterocycles. The van der Waals surface area contributed by atoms with E-state index in [9.17, 15) is 0 Å². The van der Waals surface area contributed by atoms with Gasteiger partial charge in [-0.05, 0) is 44.9 Å². The average molecular weight is 338 g/mol. The van der Waals surface area contributed by atoms with Crippen molar-refractivity contribution in [3.63, 3.8) is 0 Å². The van der Waals surface area contributed by atoms with Crippen LogP contribution in [0.3, 0.4) is 0 Å². The lowest BCUT2D eigenvalue weighted by Crippen LogP contribution is -2.57. The maximum atomic E-state index is 6.18. The zero-order valence-electron chi connectivity index (χ0n) is 11.8. The highest BCUT2D eigenvalue weighted by Gasteiger charge is 2.47. The third kappa shape index (κ3) is 2.33. The van der Waals surface area contributed by atoms with Crippen LogP contribution < -0.4 is 10.6 Å². The normalized spacial score (nSPS) is 33.5. The molecule has 0 saturated carbocycles. The monoisotopic (exact) mass is 337 g/mol. The van der Waals surface area contributed by atoms with Gasteiger partial charge in [0.05, 0.1) is 24.3 Å². The van der Waals surface area contributed by atoms with E-state index in [0.717, 1.165) is 29.5 Å². The molecule has 108 valence electrons. The van der Waals surface area contributed by atoms with Crippen molar-refractivity contribution in [3.8, 4) is 0 Å². The van der Waals surface area contributed by atoms with Crippen LogP contribution in [0.4, 0.5) is 5.69 Å². The quantitative estimate of drug-likeness (QED) is 0.857. The smallest absolute Gasteiger partial charge is 0.196 e. The molecule has 1 aromatic rings. The maximum absolute atomic E-state index is 6.18. The van der Waals surface area contributed by atoms with Crippen molar-refractivity contribution >= 4 is 27.6 Å². The lowest BCUT2D eigenvalue weighted by molar-refractivity contribution is -0.0559. The van der Waals surface area contributed by atoms with Crippen molar-refractivity contribution < 1.29 is 4.74 Å². The molecule has 0 bridgehead atoms. The molecule has 3 rings (SSSR count). The van der Waals surface area contributed by atoms with Crippen LogP contribution in [0, 0.1) is 0 Å². The molecule has 1 fully saturated rings. The Bertz CT molecular complexity index is 536. The number of rotatable bonds is 1. The Hall–Kier alpha value is -1.07. The lowest BCUT2D eigenvalue weighted by Gasteiger charge is -2.46. The fraction of sp³-hybridized carbons (Fsp3) is 0.533. The summed E-state index contributed by atoms with van der Waals surface area (Å²) in [6.45, 7) is 5.01. The minimum Gasteiger partial charge on any atom is -0.375 e. The summed E-state index contributed by atoms with van der Waals surface area (Å²) in [5, 5.41) is 0. The van der Waals surface area contributed by atoms with Crippen molar-refractivity contribution in [2.45, 2.75) is 44.4 Å². The molecular formula is C15H20BrN3O. The Morgan fingerprint density at radius 1 is 1.35 bits per heavy atom. The van der Waals surface area contributed by atoms with Gasteiger partial charge in [0.1, 0.15) is 0 Å². The number of anilines is 1. The first-order valence-corrected chi connectivity index (χ1v) is 7.81. The molecule has 0 aliphatic carbocycles. The minimum absolute atomic E-state index is 0.0397. The van der Waals surface area contributed by atoms with Gasteiger partial charge >= 0.3 is 0 Å². The van der Waals surface area contributed by atoms with Crippen LogP contribution in [-0.2, 0) is 4.74 Å². The van der Waals surface area contributed by atoms with Crippen LogP contribution in [0.1, 0.15) is 26.7 Å². The van der Waals surface area contributed by atoms with E-state index in [1.54, 1.807) is 0 Å². The number of nitrogens with two attached hydrogens (primary N) is 1. The number of nitrogens with zero attached hydrogens (tertiary/aromatic N) is 2. The van der Waals surface area contributed by atoms with Gasteiger partial charge in [0.2, 0.25) is 0 Å². The second-order valence-electron chi connectivity index (χ2n) is 5.88. The van der Waals surface area contributed by atoms with Crippen molar-refractivity contribution in [2.24, 2.45) is 10.7 Å². The van der Waals surface area contributed by atoms with E-state index < -0.39 is 0 Å². The lowest BCUT2D eigenvalue weighted by atomic mass is 9.83. The van der Waals surface area contributed by atoms with Gasteiger partial charge in [-0.15, -0.1) is 0 Å². The molecule has 2 aliphatic heterocycles. The summed E-state index contributed by atoms with van der Waals surface area (Å²) in [6, 6.07) is 8.24. The van der Waals surface area contributed by atoms with Crippen LogP contribution in [0.25, 0.3) is 0 Å². The molecule has 2 aliphatic rings. The summed E-state index contributed by atoms with van der Waals surface area (Å²) in [5.74, 6) is 0.615. The van der Waals surface area contributed by atoms with E-state index in [2.05, 4.69) is 51.8 Å². The highest BCUT2D eigenvalue weighted by molar-refractivity contribution is 9.10. The van der Waals surface area contributed by atoms with Gasteiger partial charge < -0.3 is 15.4 Å². The predicted octanol–water partition coefficient (Wildman–Crippen LogP) is 2.91. The van der Waals surface area contributed by atoms with Crippen molar-refractivity contribution in [1.29, 1.82) is 0 Å². The molecule has 5 heteroatoms. The molecule has 4 nitrogen and oxygen atoms in total. The number of hydrogen-bond acceptors (Lipinski definition) is 4. The summed E-state index contributed by atoms with van der Waals surface area (Å²) in [6.07, 6.45) is 2.37. The maximum Gasteiger partial charge on any atom is 0.196 e. The number of benzene rings is 1. The number of guanidine groups is 1. The van der Waals surface area contributed by atoms with Gasteiger partial charge in [-0.25, -0.2) is 0 Å². The third-order valence-corrected chi connectivity index (χ3v) is 4.60. The first-order chi connectivity index (χ1) is 9.50. The molecule has 1 aromatic carbocycles. The van der Waals surface area contributed by atoms with Gasteiger partial charge in [-0.3, -0.25) is 4.99 Å². The van der Waals surface area contributed by atoms with Gasteiger partial charge in [0.25, 0.3) is 0 Å². The van der Waals surface area contributed by atoms with E-state index in [-0.39, 0.29) is 17.7 Å². The molecule has 0 amide bonds. The second kappa shape index (κ2) is 5.04. The Labute approximate surface area is 128 Å². The molecule has 0 aromatic heterocycles. The molecule has 2 heterocycles. The highest BCUT2D eigenvalue weighted by Crippen LogP contribution is 2.40. The minimum atomic E-state index is -0.0397. The summed E-state index contributed by atoms with van der Waals surface area (Å²) in [7, 11) is 0. The Morgan fingerprint density at radius 2 is 2.05 bits per heavy atom. The summed E-state index contributed by atoms with van der Waals surface area (Å²) >= 11 is 3.53. The van der Waals surface area contributed by atoms with E-state index >= 15 is 0 Å². The van der Waals surface area contributed by atoms with Gasteiger partial charge in [0, 0.05) is 10.2 Å². The van der Waals surface area contributed by atoms with Gasteiger partial charge in [-0.2, -0.15) is 0 Å². The Morgan fingerprint density at radius 3 is 2.70 bits per heavy atom. The summed E-state index contributed by atoms with van der Waals surface area (Å²) in [4.78, 5) is 6.72. The first-order valence-electron chi connectivity index (χ1n) is 7.01. The fourth-order valence-corrected chi connectivity index (χ4v) is 3.98. The third-order valence-electron chi connectivity index (χ3n) is 4.10. The van der Waals surface area contributed by atoms with Crippen LogP contribution >= 0.6 is 15.9 Å². The topological polar surface area (TPSA) is 50.8 Å². The van der Waals surface area contributed by atoms with Crippen molar-refractivity contribution in [2.75, 3.05) is 11.4 Å². The van der Waals surface area contributed by atoms with E-state index in [1.165, 1.54) is 0 Å². The number of ether oxygens (including phenoxy) is 1. The van der Waals surface area contributed by atoms with Crippen LogP contribution in [-0.4, -0.2) is 30.3 Å². The molecule has 2 atom stereocenters. The number of hydrogen-bond donors (Lipinski definition) is 1. The number of aliphatic imine (C=N–C) groups is 1. The van der Waals surface area contributed by atoms with Gasteiger partial charge in [0.15, 0.2) is 5.96 Å². The van der Waals surface area contributed by atoms with E-state index in [0.29, 0.717) is 5.96 Å². The van der Waals surface area contributed by atoms with Gasteiger partial charge in [-0.1, -0.05) is 22.0 Å². The Balaban J connectivity index is 1.99. The molecular weight excluding hydrogens is 318 g/mol. The Kier molecular flexibility index (Phi) is 3.50. The van der Waals surface area contributed by atoms with E-state index in [1.807, 2.05) is 12.1 Å². The second-order valence-corrected chi connectivity index (χ2v) is 6.80. The number of halogens is 1. The molecule has 2 N–H and O–H groups in total. The van der Waals surface area contributed by atoms with Crippen molar-refractivity contribution in [1.82, 2.24) is 0 Å². The largest absolute Gasteiger partial charge is 0.375 e. The first kappa shape index (κ1) is 13.9. The van der Waals surface area contributed by atoms with Crippen molar-refractivity contribution in [3.05, 3.63) is 28.7 Å².